The summed E-state index contributed by atoms with van der Waals surface area (Å²) in [5.74, 6) is 1.71. The van der Waals surface area contributed by atoms with Gasteiger partial charge in [0, 0.05) is 6.61 Å². The van der Waals surface area contributed by atoms with Crippen LogP contribution in [0.1, 0.15) is 47.5 Å². The second kappa shape index (κ2) is 7.57. The molecule has 0 rings (SSSR count). The van der Waals surface area contributed by atoms with Crippen LogP contribution in [-0.4, -0.2) is 16.4 Å². The molecule has 0 aliphatic carbocycles. The molecule has 0 fully saturated rings. The Hall–Kier alpha value is 0.177. The lowest BCUT2D eigenvalue weighted by molar-refractivity contribution is 0.309. The summed E-state index contributed by atoms with van der Waals surface area (Å²) in [4.78, 5) is 0. The smallest absolute Gasteiger partial charge is 0.165 e. The maximum atomic E-state index is 5.68. The number of rotatable bonds is 7. The van der Waals surface area contributed by atoms with Crippen molar-refractivity contribution in [2.24, 2.45) is 11.8 Å². The van der Waals surface area contributed by atoms with Crippen molar-refractivity contribution in [3.63, 3.8) is 0 Å². The van der Waals surface area contributed by atoms with Crippen LogP contribution in [0.2, 0.25) is 5.54 Å². The van der Waals surface area contributed by atoms with Gasteiger partial charge < -0.3 is 4.43 Å². The molecule has 2 heteroatoms. The molecular weight excluding hydrogens is 176 g/mol. The zero-order valence-electron chi connectivity index (χ0n) is 9.97. The molecule has 0 saturated carbocycles. The average molecular weight is 202 g/mol. The van der Waals surface area contributed by atoms with Gasteiger partial charge >= 0.3 is 0 Å². The summed E-state index contributed by atoms with van der Waals surface area (Å²) in [5, 5.41) is 0. The lowest BCUT2D eigenvalue weighted by atomic mass is 9.93. The molecule has 0 aliphatic heterocycles. The fraction of sp³-hybridized carbons (Fsp3) is 1.00. The average Bonchev–Trinajstić information content (AvgIpc) is 2.17. The van der Waals surface area contributed by atoms with Gasteiger partial charge in [-0.25, -0.2) is 0 Å². The lowest BCUT2D eigenvalue weighted by Crippen LogP contribution is -2.21. The minimum absolute atomic E-state index is 0.292. The SMILES string of the molecule is CCO[SiH2]C(C(C)CC)C(C)CC. The Kier molecular flexibility index (Phi) is 7.67. The predicted octanol–water partition coefficient (Wildman–Crippen LogP) is 2.99. The fourth-order valence-corrected chi connectivity index (χ4v) is 3.58. The maximum absolute atomic E-state index is 5.68. The summed E-state index contributed by atoms with van der Waals surface area (Å²) < 4.78 is 5.68. The Balaban J connectivity index is 4.01. The van der Waals surface area contributed by atoms with Crippen LogP contribution >= 0.6 is 0 Å². The highest BCUT2D eigenvalue weighted by Gasteiger charge is 2.21. The first-order chi connectivity index (χ1) is 6.17. The first-order valence-corrected chi connectivity index (χ1v) is 7.14. The second-order valence-electron chi connectivity index (χ2n) is 4.09. The van der Waals surface area contributed by atoms with E-state index in [1.165, 1.54) is 12.8 Å². The zero-order chi connectivity index (χ0) is 10.3. The fourth-order valence-electron chi connectivity index (χ4n) is 1.75. The second-order valence-corrected chi connectivity index (χ2v) is 5.78. The van der Waals surface area contributed by atoms with Gasteiger partial charge in [-0.1, -0.05) is 40.5 Å². The minimum atomic E-state index is -0.292. The van der Waals surface area contributed by atoms with Crippen molar-refractivity contribution >= 4 is 9.76 Å². The monoisotopic (exact) mass is 202 g/mol. The number of hydrogen-bond acceptors (Lipinski definition) is 1. The van der Waals surface area contributed by atoms with Crippen molar-refractivity contribution in [3.05, 3.63) is 0 Å². The Labute approximate surface area is 86.2 Å². The summed E-state index contributed by atoms with van der Waals surface area (Å²) in [7, 11) is -0.292. The predicted molar refractivity (Wildman–Crippen MR) is 62.8 cm³/mol. The van der Waals surface area contributed by atoms with Crippen LogP contribution in [0.25, 0.3) is 0 Å². The Morgan fingerprint density at radius 2 is 1.46 bits per heavy atom. The van der Waals surface area contributed by atoms with E-state index >= 15 is 0 Å². The summed E-state index contributed by atoms with van der Waals surface area (Å²) in [5.41, 5.74) is 0.884. The van der Waals surface area contributed by atoms with E-state index in [2.05, 4.69) is 34.6 Å². The minimum Gasteiger partial charge on any atom is -0.424 e. The van der Waals surface area contributed by atoms with Gasteiger partial charge in [0.05, 0.1) is 0 Å². The van der Waals surface area contributed by atoms with Gasteiger partial charge in [-0.3, -0.25) is 0 Å². The summed E-state index contributed by atoms with van der Waals surface area (Å²) in [6, 6.07) is 0. The molecule has 0 aliphatic rings. The first-order valence-electron chi connectivity index (χ1n) is 5.74. The van der Waals surface area contributed by atoms with Crippen molar-refractivity contribution in [2.75, 3.05) is 6.61 Å². The van der Waals surface area contributed by atoms with Crippen LogP contribution in [-0.2, 0) is 4.43 Å². The third kappa shape index (κ3) is 4.82. The van der Waals surface area contributed by atoms with Crippen molar-refractivity contribution in [3.8, 4) is 0 Å². The molecule has 0 N–H and O–H groups in total. The molecule has 0 saturated heterocycles. The van der Waals surface area contributed by atoms with Crippen LogP contribution < -0.4 is 0 Å². The molecule has 0 heterocycles. The van der Waals surface area contributed by atoms with Crippen molar-refractivity contribution in [1.29, 1.82) is 0 Å². The number of hydrogen-bond donors (Lipinski definition) is 0. The van der Waals surface area contributed by atoms with E-state index in [1.807, 2.05) is 0 Å². The molecule has 0 aromatic carbocycles. The molecule has 0 bridgehead atoms. The zero-order valence-corrected chi connectivity index (χ0v) is 11.4. The molecule has 1 nitrogen and oxygen atoms in total. The lowest BCUT2D eigenvalue weighted by Gasteiger charge is -2.27. The van der Waals surface area contributed by atoms with E-state index in [1.54, 1.807) is 0 Å². The molecule has 0 radical (unpaired) electrons. The van der Waals surface area contributed by atoms with Gasteiger partial charge in [0.1, 0.15) is 0 Å². The highest BCUT2D eigenvalue weighted by atomic mass is 28.2. The summed E-state index contributed by atoms with van der Waals surface area (Å²) in [6.45, 7) is 12.4. The Bertz CT molecular complexity index is 107. The summed E-state index contributed by atoms with van der Waals surface area (Å²) >= 11 is 0. The third-order valence-corrected chi connectivity index (χ3v) is 5.90. The van der Waals surface area contributed by atoms with E-state index in [0.717, 1.165) is 24.0 Å². The molecule has 0 spiro atoms. The molecule has 2 atom stereocenters. The molecule has 80 valence electrons. The van der Waals surface area contributed by atoms with Gasteiger partial charge in [-0.15, -0.1) is 0 Å². The van der Waals surface area contributed by atoms with E-state index < -0.39 is 0 Å². The van der Waals surface area contributed by atoms with Crippen LogP contribution in [0.5, 0.6) is 0 Å². The van der Waals surface area contributed by atoms with Crippen LogP contribution in [0, 0.1) is 11.8 Å². The molecule has 13 heavy (non-hydrogen) atoms. The van der Waals surface area contributed by atoms with Crippen LogP contribution in [0.4, 0.5) is 0 Å². The van der Waals surface area contributed by atoms with Gasteiger partial charge in [-0.05, 0) is 24.3 Å². The van der Waals surface area contributed by atoms with Crippen molar-refractivity contribution < 1.29 is 4.43 Å². The van der Waals surface area contributed by atoms with E-state index in [-0.39, 0.29) is 9.76 Å². The van der Waals surface area contributed by atoms with Gasteiger partial charge in [0.25, 0.3) is 0 Å². The normalized spacial score (nSPS) is 19.2. The summed E-state index contributed by atoms with van der Waals surface area (Å²) in [6.07, 6.45) is 2.60. The Morgan fingerprint density at radius 3 is 1.77 bits per heavy atom. The van der Waals surface area contributed by atoms with Crippen LogP contribution in [0.15, 0.2) is 0 Å². The van der Waals surface area contributed by atoms with Crippen molar-refractivity contribution in [2.45, 2.75) is 53.0 Å². The molecule has 0 aromatic rings. The highest BCUT2D eigenvalue weighted by molar-refractivity contribution is 6.29. The van der Waals surface area contributed by atoms with E-state index in [4.69, 9.17) is 4.43 Å². The largest absolute Gasteiger partial charge is 0.424 e. The standard InChI is InChI=1S/C11H26OSi/c1-6-9(4)11(10(5)7-2)13-12-8-3/h9-11H,6-8,13H2,1-5H3. The quantitative estimate of drug-likeness (QED) is 0.577. The van der Waals surface area contributed by atoms with Gasteiger partial charge in [0.15, 0.2) is 9.76 Å². The molecule has 2 unspecified atom stereocenters. The molecule has 0 amide bonds. The molecule has 0 aromatic heterocycles. The van der Waals surface area contributed by atoms with Gasteiger partial charge in [0.2, 0.25) is 0 Å². The highest BCUT2D eigenvalue weighted by Crippen LogP contribution is 2.30. The maximum Gasteiger partial charge on any atom is 0.165 e. The van der Waals surface area contributed by atoms with E-state index in [9.17, 15) is 0 Å². The Morgan fingerprint density at radius 1 is 1.00 bits per heavy atom. The topological polar surface area (TPSA) is 9.23 Å². The molecular formula is C11H26OSi. The van der Waals surface area contributed by atoms with Crippen molar-refractivity contribution in [1.82, 2.24) is 0 Å². The first kappa shape index (κ1) is 13.2. The van der Waals surface area contributed by atoms with E-state index in [0.29, 0.717) is 0 Å². The van der Waals surface area contributed by atoms with Gasteiger partial charge in [-0.2, -0.15) is 0 Å². The third-order valence-electron chi connectivity index (χ3n) is 3.26. The van der Waals surface area contributed by atoms with Crippen LogP contribution in [0.3, 0.4) is 0 Å².